The van der Waals surface area contributed by atoms with Gasteiger partial charge in [0.2, 0.25) is 5.91 Å². The lowest BCUT2D eigenvalue weighted by atomic mass is 9.71. The number of alkyl halides is 1. The third-order valence-electron chi connectivity index (χ3n) is 7.40. The standard InChI is InChI=1S/C25H30BrClN2O5S/c1-3-10-28(19-14(2)8-7-9-16(19)27)23(32)21-25-13-15(26)20(35-25)17(24(33)34)18(25)22(31)29(21)11-5-4-6-12-30/h3,7-9,15,17-18,20-21,30H,1,4-6,10-13H2,2H3,(H,33,34)/t15?,17-,18-,20-,21?,25?/m0/s1. The lowest BCUT2D eigenvalue weighted by Gasteiger charge is -2.38. The summed E-state index contributed by atoms with van der Waals surface area (Å²) in [6, 6.07) is 4.61. The molecule has 1 spiro atoms. The van der Waals surface area contributed by atoms with Crippen molar-refractivity contribution in [2.24, 2.45) is 11.8 Å². The van der Waals surface area contributed by atoms with E-state index >= 15 is 0 Å². The summed E-state index contributed by atoms with van der Waals surface area (Å²) in [5.74, 6) is -3.13. The van der Waals surface area contributed by atoms with Crippen LogP contribution in [0.5, 0.6) is 0 Å². The fraction of sp³-hybridized carbons (Fsp3) is 0.560. The Morgan fingerprint density at radius 2 is 2.11 bits per heavy atom. The predicted octanol–water partition coefficient (Wildman–Crippen LogP) is 3.88. The molecule has 0 saturated carbocycles. The van der Waals surface area contributed by atoms with Crippen molar-refractivity contribution in [3.05, 3.63) is 41.4 Å². The maximum Gasteiger partial charge on any atom is 0.308 e. The molecule has 3 fully saturated rings. The minimum absolute atomic E-state index is 0.0612. The Morgan fingerprint density at radius 1 is 1.37 bits per heavy atom. The van der Waals surface area contributed by atoms with Crippen molar-refractivity contribution in [2.45, 2.75) is 53.5 Å². The van der Waals surface area contributed by atoms with Gasteiger partial charge in [-0.15, -0.1) is 18.3 Å². The fourth-order valence-electron chi connectivity index (χ4n) is 6.04. The van der Waals surface area contributed by atoms with Crippen LogP contribution in [0.25, 0.3) is 0 Å². The number of carboxylic acid groups (broad SMARTS) is 1. The predicted molar refractivity (Wildman–Crippen MR) is 141 cm³/mol. The number of halogens is 2. The van der Waals surface area contributed by atoms with E-state index in [9.17, 15) is 19.5 Å². The highest BCUT2D eigenvalue weighted by Crippen LogP contribution is 2.68. The quantitative estimate of drug-likeness (QED) is 0.246. The van der Waals surface area contributed by atoms with Crippen molar-refractivity contribution >= 4 is 62.8 Å². The minimum atomic E-state index is -0.995. The number of hydrogen-bond acceptors (Lipinski definition) is 5. The number of aryl methyl sites for hydroxylation is 1. The van der Waals surface area contributed by atoms with Crippen LogP contribution in [0.4, 0.5) is 5.69 Å². The molecule has 190 valence electrons. The van der Waals surface area contributed by atoms with E-state index in [-0.39, 0.29) is 35.0 Å². The minimum Gasteiger partial charge on any atom is -0.481 e. The molecule has 0 radical (unpaired) electrons. The highest BCUT2D eigenvalue weighted by Gasteiger charge is 2.76. The van der Waals surface area contributed by atoms with Crippen molar-refractivity contribution in [1.82, 2.24) is 4.90 Å². The van der Waals surface area contributed by atoms with Crippen molar-refractivity contribution in [3.63, 3.8) is 0 Å². The molecule has 10 heteroatoms. The monoisotopic (exact) mass is 584 g/mol. The number of aliphatic hydroxyl groups is 1. The zero-order valence-corrected chi connectivity index (χ0v) is 22.7. The number of carboxylic acids is 1. The van der Waals surface area contributed by atoms with Gasteiger partial charge in [-0.25, -0.2) is 0 Å². The van der Waals surface area contributed by atoms with E-state index in [1.165, 1.54) is 11.8 Å². The summed E-state index contributed by atoms with van der Waals surface area (Å²) in [4.78, 5) is 43.6. The Hall–Kier alpha value is -1.55. The molecule has 7 nitrogen and oxygen atoms in total. The number of carbonyl (C=O) groups excluding carboxylic acids is 2. The molecule has 2 amide bonds. The molecule has 6 atom stereocenters. The number of nitrogens with zero attached hydrogens (tertiary/aromatic N) is 2. The molecule has 2 N–H and O–H groups in total. The number of carbonyl (C=O) groups is 3. The van der Waals surface area contributed by atoms with Gasteiger partial charge < -0.3 is 20.0 Å². The Labute approximate surface area is 223 Å². The molecule has 3 saturated heterocycles. The van der Waals surface area contributed by atoms with Crippen LogP contribution in [-0.4, -0.2) is 73.5 Å². The van der Waals surface area contributed by atoms with Gasteiger partial charge in [-0.3, -0.25) is 14.4 Å². The topological polar surface area (TPSA) is 98.2 Å². The van der Waals surface area contributed by atoms with Crippen LogP contribution in [-0.2, 0) is 14.4 Å². The third kappa shape index (κ3) is 4.32. The van der Waals surface area contributed by atoms with Gasteiger partial charge in [0.1, 0.15) is 6.04 Å². The first-order chi connectivity index (χ1) is 16.7. The number of aliphatic hydroxyl groups excluding tert-OH is 1. The number of hydrogen-bond donors (Lipinski definition) is 2. The van der Waals surface area contributed by atoms with Crippen LogP contribution < -0.4 is 4.90 Å². The third-order valence-corrected chi connectivity index (χ3v) is 10.9. The van der Waals surface area contributed by atoms with E-state index in [2.05, 4.69) is 22.5 Å². The van der Waals surface area contributed by atoms with Gasteiger partial charge in [0, 0.05) is 29.8 Å². The molecule has 0 aliphatic carbocycles. The normalized spacial score (nSPS) is 31.0. The van der Waals surface area contributed by atoms with Crippen LogP contribution in [0.15, 0.2) is 30.9 Å². The number of amides is 2. The molecule has 35 heavy (non-hydrogen) atoms. The van der Waals surface area contributed by atoms with Gasteiger partial charge in [-0.1, -0.05) is 45.7 Å². The number of likely N-dealkylation sites (tertiary alicyclic amines) is 1. The average molecular weight is 586 g/mol. The molecular weight excluding hydrogens is 556 g/mol. The zero-order valence-electron chi connectivity index (χ0n) is 19.5. The molecule has 1 aromatic carbocycles. The van der Waals surface area contributed by atoms with Crippen LogP contribution in [0, 0.1) is 18.8 Å². The summed E-state index contributed by atoms with van der Waals surface area (Å²) >= 11 is 11.7. The first-order valence-electron chi connectivity index (χ1n) is 11.8. The molecule has 0 aromatic heterocycles. The van der Waals surface area contributed by atoms with Crippen molar-refractivity contribution in [3.8, 4) is 0 Å². The number of thioether (sulfide) groups is 1. The van der Waals surface area contributed by atoms with Gasteiger partial charge in [-0.05, 0) is 44.2 Å². The van der Waals surface area contributed by atoms with Gasteiger partial charge in [-0.2, -0.15) is 0 Å². The largest absolute Gasteiger partial charge is 0.481 e. The summed E-state index contributed by atoms with van der Waals surface area (Å²) in [7, 11) is 0. The van der Waals surface area contributed by atoms with Crippen molar-refractivity contribution in [2.75, 3.05) is 24.6 Å². The fourth-order valence-corrected chi connectivity index (χ4v) is 9.96. The molecule has 4 rings (SSSR count). The summed E-state index contributed by atoms with van der Waals surface area (Å²) < 4.78 is -0.832. The summed E-state index contributed by atoms with van der Waals surface area (Å²) in [6.07, 6.45) is 4.10. The van der Waals surface area contributed by atoms with E-state index in [0.29, 0.717) is 42.9 Å². The number of para-hydroxylation sites is 1. The second-order valence-corrected chi connectivity index (χ2v) is 12.6. The first-order valence-corrected chi connectivity index (χ1v) is 14.0. The molecule has 3 heterocycles. The Morgan fingerprint density at radius 3 is 2.74 bits per heavy atom. The molecule has 1 aromatic rings. The van der Waals surface area contributed by atoms with Gasteiger partial charge in [0.15, 0.2) is 0 Å². The van der Waals surface area contributed by atoms with Crippen molar-refractivity contribution in [1.29, 1.82) is 0 Å². The van der Waals surface area contributed by atoms with Crippen LogP contribution >= 0.6 is 39.3 Å². The first kappa shape index (κ1) is 26.5. The number of aliphatic carboxylic acids is 1. The lowest BCUT2D eigenvalue weighted by molar-refractivity contribution is -0.148. The highest BCUT2D eigenvalue weighted by molar-refractivity contribution is 9.09. The number of unbranched alkanes of at least 4 members (excludes halogenated alkanes) is 2. The zero-order chi connectivity index (χ0) is 25.5. The summed E-state index contributed by atoms with van der Waals surface area (Å²) in [5.41, 5.74) is 1.40. The number of fused-ring (bicyclic) bond motifs is 1. The second-order valence-electron chi connectivity index (χ2n) is 9.46. The van der Waals surface area contributed by atoms with Crippen LogP contribution in [0.3, 0.4) is 0 Å². The smallest absolute Gasteiger partial charge is 0.308 e. The molecule has 3 unspecified atom stereocenters. The Bertz CT molecular complexity index is 1020. The highest BCUT2D eigenvalue weighted by atomic mass is 79.9. The van der Waals surface area contributed by atoms with Gasteiger partial charge in [0.05, 0.1) is 27.3 Å². The van der Waals surface area contributed by atoms with E-state index in [1.54, 1.807) is 21.9 Å². The Balaban J connectivity index is 1.79. The molecule has 2 bridgehead atoms. The van der Waals surface area contributed by atoms with Crippen molar-refractivity contribution < 1.29 is 24.6 Å². The summed E-state index contributed by atoms with van der Waals surface area (Å²) in [5, 5.41) is 19.4. The molecule has 3 aliphatic rings. The number of rotatable bonds is 10. The Kier molecular flexibility index (Phi) is 7.91. The van der Waals surface area contributed by atoms with Crippen LogP contribution in [0.1, 0.15) is 31.2 Å². The SMILES string of the molecule is C=CCN(C(=O)C1N(CCCCCO)C(=O)[C@@H]2[C@H](C(=O)O)[C@H]3SC12CC3Br)c1c(C)cccc1Cl. The molecular formula is C25H30BrClN2O5S. The number of benzene rings is 1. The maximum atomic E-state index is 14.4. The van der Waals surface area contributed by atoms with Crippen LogP contribution in [0.2, 0.25) is 5.02 Å². The van der Waals surface area contributed by atoms with E-state index in [1.807, 2.05) is 19.1 Å². The van der Waals surface area contributed by atoms with Gasteiger partial charge in [0.25, 0.3) is 5.91 Å². The van der Waals surface area contributed by atoms with E-state index in [4.69, 9.17) is 16.7 Å². The van der Waals surface area contributed by atoms with E-state index < -0.39 is 28.6 Å². The second kappa shape index (κ2) is 10.4. The van der Waals surface area contributed by atoms with Gasteiger partial charge >= 0.3 is 5.97 Å². The maximum absolute atomic E-state index is 14.4. The average Bonchev–Trinajstić information content (AvgIpc) is 3.39. The van der Waals surface area contributed by atoms with E-state index in [0.717, 1.165) is 5.56 Å². The summed E-state index contributed by atoms with van der Waals surface area (Å²) in [6.45, 7) is 6.31. The number of anilines is 1. The molecule has 3 aliphatic heterocycles. The lowest BCUT2D eigenvalue weighted by Crippen LogP contribution is -2.55.